The Hall–Kier alpha value is -1.06. The average Bonchev–Trinajstić information content (AvgIpc) is 3.50. The number of esters is 2. The van der Waals surface area contributed by atoms with Crippen LogP contribution >= 0.6 is 0 Å². The van der Waals surface area contributed by atoms with Gasteiger partial charge in [0.15, 0.2) is 0 Å². The van der Waals surface area contributed by atoms with Crippen molar-refractivity contribution >= 4 is 11.9 Å². The highest BCUT2D eigenvalue weighted by atomic mass is 16.5. The Kier molecular flexibility index (Phi) is 7.18. The van der Waals surface area contributed by atoms with Gasteiger partial charge in [0.2, 0.25) is 0 Å². The first kappa shape index (κ1) is 18.7. The Morgan fingerprint density at radius 1 is 0.640 bits per heavy atom. The molecule has 0 N–H and O–H groups in total. The van der Waals surface area contributed by atoms with E-state index in [1.165, 1.54) is 38.5 Å². The summed E-state index contributed by atoms with van der Waals surface area (Å²) < 4.78 is 10.9. The molecule has 0 saturated heterocycles. The van der Waals surface area contributed by atoms with Crippen LogP contribution in [0, 0.1) is 23.7 Å². The summed E-state index contributed by atoms with van der Waals surface area (Å²) in [4.78, 5) is 24.5. The van der Waals surface area contributed by atoms with Gasteiger partial charge in [0, 0.05) is 0 Å². The second-order valence-corrected chi connectivity index (χ2v) is 8.41. The van der Waals surface area contributed by atoms with E-state index in [4.69, 9.17) is 9.47 Å². The highest BCUT2D eigenvalue weighted by molar-refractivity contribution is 5.74. The van der Waals surface area contributed by atoms with Crippen LogP contribution in [0.1, 0.15) is 83.5 Å². The standard InChI is InChI=1S/C21H34O4/c22-20(24-14-2-4-16-8-9-16)18-6-1-7-19(13-12-18)21(23)25-15-3-5-17-10-11-17/h16-19H,1-15H2. The van der Waals surface area contributed by atoms with Crippen LogP contribution in [0.5, 0.6) is 0 Å². The van der Waals surface area contributed by atoms with Crippen LogP contribution in [-0.4, -0.2) is 25.2 Å². The van der Waals surface area contributed by atoms with Crippen LogP contribution in [0.4, 0.5) is 0 Å². The first-order valence-electron chi connectivity index (χ1n) is 10.6. The van der Waals surface area contributed by atoms with E-state index < -0.39 is 0 Å². The lowest BCUT2D eigenvalue weighted by atomic mass is 9.98. The molecule has 0 aromatic heterocycles. The maximum absolute atomic E-state index is 12.2. The monoisotopic (exact) mass is 350 g/mol. The van der Waals surface area contributed by atoms with Crippen molar-refractivity contribution in [3.63, 3.8) is 0 Å². The van der Waals surface area contributed by atoms with Gasteiger partial charge in [-0.1, -0.05) is 32.1 Å². The summed E-state index contributed by atoms with van der Waals surface area (Å²) >= 11 is 0. The Bertz CT molecular complexity index is 399. The summed E-state index contributed by atoms with van der Waals surface area (Å²) in [5.41, 5.74) is 0. The van der Waals surface area contributed by atoms with Crippen molar-refractivity contribution in [2.24, 2.45) is 23.7 Å². The zero-order valence-electron chi connectivity index (χ0n) is 15.5. The normalized spacial score (nSPS) is 26.7. The molecule has 3 aliphatic carbocycles. The third-order valence-corrected chi connectivity index (χ3v) is 6.03. The Labute approximate surface area is 152 Å². The van der Waals surface area contributed by atoms with Crippen molar-refractivity contribution in [2.45, 2.75) is 83.5 Å². The third kappa shape index (κ3) is 6.99. The first-order valence-corrected chi connectivity index (χ1v) is 10.6. The van der Waals surface area contributed by atoms with Crippen LogP contribution in [0.2, 0.25) is 0 Å². The number of carbonyl (C=O) groups excluding carboxylic acids is 2. The minimum Gasteiger partial charge on any atom is -0.465 e. The SMILES string of the molecule is O=C(OCCCC1CC1)C1CCCC(C(=O)OCCCC2CC2)CC1. The van der Waals surface area contributed by atoms with Crippen molar-refractivity contribution in [3.05, 3.63) is 0 Å². The maximum Gasteiger partial charge on any atom is 0.308 e. The van der Waals surface area contributed by atoms with E-state index in [-0.39, 0.29) is 23.8 Å². The van der Waals surface area contributed by atoms with E-state index in [1.807, 2.05) is 0 Å². The molecule has 0 aromatic carbocycles. The molecule has 25 heavy (non-hydrogen) atoms. The highest BCUT2D eigenvalue weighted by Gasteiger charge is 2.29. The van der Waals surface area contributed by atoms with Gasteiger partial charge in [-0.15, -0.1) is 0 Å². The highest BCUT2D eigenvalue weighted by Crippen LogP contribution is 2.34. The van der Waals surface area contributed by atoms with Crippen molar-refractivity contribution in [3.8, 4) is 0 Å². The van der Waals surface area contributed by atoms with Crippen LogP contribution in [0.15, 0.2) is 0 Å². The molecule has 0 aliphatic heterocycles. The molecule has 4 nitrogen and oxygen atoms in total. The molecule has 3 aliphatic rings. The molecule has 3 rings (SSSR count). The number of hydrogen-bond donors (Lipinski definition) is 0. The molecule has 0 radical (unpaired) electrons. The van der Waals surface area contributed by atoms with Gasteiger partial charge in [-0.3, -0.25) is 9.59 Å². The zero-order chi connectivity index (χ0) is 17.5. The molecule has 2 unspecified atom stereocenters. The molecule has 142 valence electrons. The van der Waals surface area contributed by atoms with Gasteiger partial charge in [0.25, 0.3) is 0 Å². The minimum absolute atomic E-state index is 0.0198. The fraction of sp³-hybridized carbons (Fsp3) is 0.905. The summed E-state index contributed by atoms with van der Waals surface area (Å²) in [6.45, 7) is 1.14. The number of ether oxygens (including phenoxy) is 2. The van der Waals surface area contributed by atoms with Crippen molar-refractivity contribution < 1.29 is 19.1 Å². The van der Waals surface area contributed by atoms with Crippen LogP contribution in [-0.2, 0) is 19.1 Å². The summed E-state index contributed by atoms with van der Waals surface area (Å²) in [6, 6.07) is 0. The van der Waals surface area contributed by atoms with E-state index in [1.54, 1.807) is 0 Å². The van der Waals surface area contributed by atoms with Crippen molar-refractivity contribution in [1.82, 2.24) is 0 Å². The molecule has 4 heteroatoms. The molecule has 3 saturated carbocycles. The summed E-state index contributed by atoms with van der Waals surface area (Å²) in [5.74, 6) is 1.66. The van der Waals surface area contributed by atoms with E-state index in [2.05, 4.69) is 0 Å². The smallest absolute Gasteiger partial charge is 0.308 e. The largest absolute Gasteiger partial charge is 0.465 e. The van der Waals surface area contributed by atoms with E-state index in [9.17, 15) is 9.59 Å². The molecule has 0 spiro atoms. The quantitative estimate of drug-likeness (QED) is 0.327. The van der Waals surface area contributed by atoms with Crippen LogP contribution < -0.4 is 0 Å². The number of hydrogen-bond acceptors (Lipinski definition) is 4. The van der Waals surface area contributed by atoms with Gasteiger partial charge in [-0.25, -0.2) is 0 Å². The van der Waals surface area contributed by atoms with E-state index in [0.717, 1.165) is 56.8 Å². The Balaban J connectivity index is 1.28. The number of carbonyl (C=O) groups is 2. The topological polar surface area (TPSA) is 52.6 Å². The van der Waals surface area contributed by atoms with E-state index >= 15 is 0 Å². The molecule has 0 bridgehead atoms. The first-order chi connectivity index (χ1) is 12.2. The maximum atomic E-state index is 12.2. The molecule has 0 aromatic rings. The predicted molar refractivity (Wildman–Crippen MR) is 95.9 cm³/mol. The second-order valence-electron chi connectivity index (χ2n) is 8.41. The summed E-state index contributed by atoms with van der Waals surface area (Å²) in [5, 5.41) is 0. The Morgan fingerprint density at radius 2 is 1.08 bits per heavy atom. The fourth-order valence-electron chi connectivity index (χ4n) is 3.91. The molecular formula is C21H34O4. The second kappa shape index (κ2) is 9.59. The summed E-state index contributed by atoms with van der Waals surface area (Å²) in [7, 11) is 0. The molecule has 3 fully saturated rings. The van der Waals surface area contributed by atoms with Gasteiger partial charge in [0.05, 0.1) is 25.0 Å². The predicted octanol–water partition coefficient (Wildman–Crippen LogP) is 4.65. The zero-order valence-corrected chi connectivity index (χ0v) is 15.5. The van der Waals surface area contributed by atoms with Crippen molar-refractivity contribution in [1.29, 1.82) is 0 Å². The number of rotatable bonds is 10. The third-order valence-electron chi connectivity index (χ3n) is 6.03. The van der Waals surface area contributed by atoms with Gasteiger partial charge < -0.3 is 9.47 Å². The van der Waals surface area contributed by atoms with Gasteiger partial charge in [-0.05, 0) is 63.2 Å². The molecule has 2 atom stereocenters. The fourth-order valence-corrected chi connectivity index (χ4v) is 3.91. The lowest BCUT2D eigenvalue weighted by Crippen LogP contribution is -2.20. The van der Waals surface area contributed by atoms with Crippen molar-refractivity contribution in [2.75, 3.05) is 13.2 Å². The minimum atomic E-state index is -0.0470. The molecule has 0 amide bonds. The molecular weight excluding hydrogens is 316 g/mol. The van der Waals surface area contributed by atoms with Gasteiger partial charge in [-0.2, -0.15) is 0 Å². The van der Waals surface area contributed by atoms with E-state index in [0.29, 0.717) is 13.2 Å². The van der Waals surface area contributed by atoms with Crippen LogP contribution in [0.3, 0.4) is 0 Å². The lowest BCUT2D eigenvalue weighted by molar-refractivity contribution is -0.151. The van der Waals surface area contributed by atoms with Gasteiger partial charge >= 0.3 is 11.9 Å². The Morgan fingerprint density at radius 3 is 1.48 bits per heavy atom. The average molecular weight is 350 g/mol. The summed E-state index contributed by atoms with van der Waals surface area (Å²) in [6.07, 6.45) is 14.0. The lowest BCUT2D eigenvalue weighted by Gasteiger charge is -2.14. The van der Waals surface area contributed by atoms with Gasteiger partial charge in [0.1, 0.15) is 0 Å². The van der Waals surface area contributed by atoms with Crippen LogP contribution in [0.25, 0.3) is 0 Å². The molecule has 0 heterocycles.